The van der Waals surface area contributed by atoms with Gasteiger partial charge >= 0.3 is 0 Å². The standard InChI is InChI=1S/C43H30N2/c1-2-10-29-17-19-38-36-13-3-4-14-37(36)41-28-32(18-20-39(41)40(38)23-29)30-11-9-12-31(24-30)33-25-34(42-15-5-7-21-44-42)27-35(26-33)43-16-6-8-22-45-43/h2-9,11-28H,1,10H2. The highest BCUT2D eigenvalue weighted by Gasteiger charge is 2.13. The van der Waals surface area contributed by atoms with Crippen LogP contribution in [0.4, 0.5) is 0 Å². The topological polar surface area (TPSA) is 25.8 Å². The van der Waals surface area contributed by atoms with E-state index in [4.69, 9.17) is 0 Å². The molecule has 0 aliphatic carbocycles. The van der Waals surface area contributed by atoms with Crippen molar-refractivity contribution in [2.75, 3.05) is 0 Å². The molecule has 2 heterocycles. The zero-order chi connectivity index (χ0) is 30.2. The molecular formula is C43H30N2. The lowest BCUT2D eigenvalue weighted by atomic mass is 9.90. The Kier molecular flexibility index (Phi) is 6.73. The van der Waals surface area contributed by atoms with Crippen LogP contribution in [0.15, 0.2) is 165 Å². The van der Waals surface area contributed by atoms with Crippen molar-refractivity contribution in [2.24, 2.45) is 0 Å². The summed E-state index contributed by atoms with van der Waals surface area (Å²) in [5.74, 6) is 0. The highest BCUT2D eigenvalue weighted by atomic mass is 14.7. The van der Waals surface area contributed by atoms with Gasteiger partial charge in [0.1, 0.15) is 0 Å². The average Bonchev–Trinajstić information content (AvgIpc) is 3.12. The van der Waals surface area contributed by atoms with Crippen molar-refractivity contribution in [1.29, 1.82) is 0 Å². The van der Waals surface area contributed by atoms with Crippen molar-refractivity contribution in [2.45, 2.75) is 6.42 Å². The second kappa shape index (κ2) is 11.3. The SMILES string of the molecule is C=CCc1ccc2c3ccccc3c3cc(-c4cccc(-c5cc(-c6ccccn6)cc(-c6ccccn6)c5)c4)ccc3c2c1. The first-order valence-corrected chi connectivity index (χ1v) is 15.3. The fourth-order valence-corrected chi connectivity index (χ4v) is 6.51. The molecule has 0 N–H and O–H groups in total. The number of nitrogens with zero attached hydrogens (tertiary/aromatic N) is 2. The zero-order valence-corrected chi connectivity index (χ0v) is 24.8. The molecule has 0 saturated carbocycles. The Morgan fingerprint density at radius 1 is 0.400 bits per heavy atom. The number of hydrogen-bond donors (Lipinski definition) is 0. The van der Waals surface area contributed by atoms with E-state index in [-0.39, 0.29) is 0 Å². The maximum absolute atomic E-state index is 4.65. The van der Waals surface area contributed by atoms with Gasteiger partial charge in [0.05, 0.1) is 11.4 Å². The molecule has 8 rings (SSSR count). The van der Waals surface area contributed by atoms with Crippen LogP contribution in [-0.2, 0) is 6.42 Å². The lowest BCUT2D eigenvalue weighted by Crippen LogP contribution is -1.90. The number of fused-ring (bicyclic) bond motifs is 6. The highest BCUT2D eigenvalue weighted by Crippen LogP contribution is 2.39. The first kappa shape index (κ1) is 26.7. The molecule has 0 unspecified atom stereocenters. The number of pyridine rings is 2. The first-order chi connectivity index (χ1) is 22.2. The van der Waals surface area contributed by atoms with Crippen LogP contribution in [-0.4, -0.2) is 9.97 Å². The molecular weight excluding hydrogens is 544 g/mol. The summed E-state index contributed by atoms with van der Waals surface area (Å²) in [6, 6.07) is 50.1. The molecule has 8 aromatic rings. The zero-order valence-electron chi connectivity index (χ0n) is 24.8. The van der Waals surface area contributed by atoms with E-state index in [0.717, 1.165) is 40.1 Å². The van der Waals surface area contributed by atoms with Gasteiger partial charge in [0.15, 0.2) is 0 Å². The highest BCUT2D eigenvalue weighted by molar-refractivity contribution is 6.25. The van der Waals surface area contributed by atoms with E-state index >= 15 is 0 Å². The van der Waals surface area contributed by atoms with Crippen LogP contribution in [0.25, 0.3) is 77.1 Å². The predicted molar refractivity (Wildman–Crippen MR) is 190 cm³/mol. The quantitative estimate of drug-likeness (QED) is 0.146. The summed E-state index contributed by atoms with van der Waals surface area (Å²) >= 11 is 0. The van der Waals surface area contributed by atoms with Crippen LogP contribution >= 0.6 is 0 Å². The van der Waals surface area contributed by atoms with Crippen LogP contribution in [0, 0.1) is 0 Å². The molecule has 0 aliphatic rings. The summed E-state index contributed by atoms with van der Waals surface area (Å²) in [5, 5.41) is 7.68. The molecule has 0 bridgehead atoms. The molecule has 2 nitrogen and oxygen atoms in total. The van der Waals surface area contributed by atoms with Gasteiger partial charge in [-0.2, -0.15) is 0 Å². The molecule has 2 heteroatoms. The predicted octanol–water partition coefficient (Wildman–Crippen LogP) is 11.3. The van der Waals surface area contributed by atoms with Gasteiger partial charge < -0.3 is 0 Å². The van der Waals surface area contributed by atoms with Gasteiger partial charge in [-0.25, -0.2) is 0 Å². The fraction of sp³-hybridized carbons (Fsp3) is 0.0233. The molecule has 0 atom stereocenters. The number of aromatic nitrogens is 2. The lowest BCUT2D eigenvalue weighted by Gasteiger charge is -2.14. The van der Waals surface area contributed by atoms with Crippen molar-refractivity contribution in [1.82, 2.24) is 9.97 Å². The monoisotopic (exact) mass is 574 g/mol. The van der Waals surface area contributed by atoms with Crippen molar-refractivity contribution >= 4 is 32.3 Å². The minimum Gasteiger partial charge on any atom is -0.256 e. The van der Waals surface area contributed by atoms with Crippen LogP contribution in [0.2, 0.25) is 0 Å². The summed E-state index contributed by atoms with van der Waals surface area (Å²) in [6.45, 7) is 3.96. The number of allylic oxidation sites excluding steroid dienone is 1. The Morgan fingerprint density at radius 2 is 0.911 bits per heavy atom. The van der Waals surface area contributed by atoms with E-state index in [1.807, 2.05) is 42.7 Å². The first-order valence-electron chi connectivity index (χ1n) is 15.3. The van der Waals surface area contributed by atoms with Gasteiger partial charge in [-0.05, 0) is 121 Å². The van der Waals surface area contributed by atoms with Crippen molar-refractivity contribution in [3.63, 3.8) is 0 Å². The smallest absolute Gasteiger partial charge is 0.0702 e. The summed E-state index contributed by atoms with van der Waals surface area (Å²) < 4.78 is 0. The minimum atomic E-state index is 0.860. The van der Waals surface area contributed by atoms with Crippen LogP contribution in [0.5, 0.6) is 0 Å². The molecule has 0 fully saturated rings. The minimum absolute atomic E-state index is 0.860. The second-order valence-electron chi connectivity index (χ2n) is 11.5. The molecule has 6 aromatic carbocycles. The normalized spacial score (nSPS) is 11.3. The molecule has 0 spiro atoms. The van der Waals surface area contributed by atoms with Gasteiger partial charge in [-0.1, -0.05) is 91.0 Å². The molecule has 0 saturated heterocycles. The summed E-state index contributed by atoms with van der Waals surface area (Å²) in [5.41, 5.74) is 9.97. The Labute approximate surface area is 263 Å². The average molecular weight is 575 g/mol. The van der Waals surface area contributed by atoms with Gasteiger partial charge in [0.2, 0.25) is 0 Å². The summed E-state index contributed by atoms with van der Waals surface area (Å²) in [4.78, 5) is 9.30. The third-order valence-electron chi connectivity index (χ3n) is 8.66. The Balaban J connectivity index is 1.29. The van der Waals surface area contributed by atoms with Gasteiger partial charge in [0, 0.05) is 23.5 Å². The Bertz CT molecular complexity index is 2300. The number of hydrogen-bond acceptors (Lipinski definition) is 2. The molecule has 0 radical (unpaired) electrons. The lowest BCUT2D eigenvalue weighted by molar-refractivity contribution is 1.29. The maximum atomic E-state index is 4.65. The molecule has 0 amide bonds. The van der Waals surface area contributed by atoms with Crippen molar-refractivity contribution < 1.29 is 0 Å². The van der Waals surface area contributed by atoms with Crippen LogP contribution in [0.3, 0.4) is 0 Å². The third kappa shape index (κ3) is 4.97. The van der Waals surface area contributed by atoms with Crippen LogP contribution in [0.1, 0.15) is 5.56 Å². The van der Waals surface area contributed by atoms with Crippen molar-refractivity contribution in [3.8, 4) is 44.8 Å². The summed E-state index contributed by atoms with van der Waals surface area (Å²) in [7, 11) is 0. The van der Waals surface area contributed by atoms with Gasteiger partial charge in [-0.3, -0.25) is 9.97 Å². The fourth-order valence-electron chi connectivity index (χ4n) is 6.51. The van der Waals surface area contributed by atoms with E-state index in [9.17, 15) is 0 Å². The largest absolute Gasteiger partial charge is 0.256 e. The van der Waals surface area contributed by atoms with Crippen LogP contribution < -0.4 is 0 Å². The Morgan fingerprint density at radius 3 is 1.58 bits per heavy atom. The Hall–Kier alpha value is -5.86. The maximum Gasteiger partial charge on any atom is 0.0702 e. The molecule has 45 heavy (non-hydrogen) atoms. The molecule has 0 aliphatic heterocycles. The molecule has 212 valence electrons. The second-order valence-corrected chi connectivity index (χ2v) is 11.5. The van der Waals surface area contributed by atoms with Gasteiger partial charge in [-0.15, -0.1) is 6.58 Å². The van der Waals surface area contributed by atoms with E-state index in [0.29, 0.717) is 0 Å². The van der Waals surface area contributed by atoms with E-state index in [2.05, 4.69) is 132 Å². The third-order valence-corrected chi connectivity index (χ3v) is 8.66. The number of benzene rings is 6. The van der Waals surface area contributed by atoms with E-state index < -0.39 is 0 Å². The van der Waals surface area contributed by atoms with E-state index in [1.165, 1.54) is 49.0 Å². The summed E-state index contributed by atoms with van der Waals surface area (Å²) in [6.07, 6.45) is 6.52. The van der Waals surface area contributed by atoms with Crippen molar-refractivity contribution in [3.05, 3.63) is 170 Å². The molecule has 2 aromatic heterocycles. The number of rotatable bonds is 6. The van der Waals surface area contributed by atoms with E-state index in [1.54, 1.807) is 0 Å². The van der Waals surface area contributed by atoms with Gasteiger partial charge in [0.25, 0.3) is 0 Å².